The summed E-state index contributed by atoms with van der Waals surface area (Å²) in [4.78, 5) is 0. The fraction of sp³-hybridized carbons (Fsp3) is 0.455. The first-order chi connectivity index (χ1) is 6.74. The van der Waals surface area contributed by atoms with E-state index in [-0.39, 0.29) is 0 Å². The Kier molecular flexibility index (Phi) is 4.43. The Morgan fingerprint density at radius 2 is 2.29 bits per heavy atom. The molecule has 78 valence electrons. The molecule has 1 rings (SSSR count). The van der Waals surface area contributed by atoms with E-state index < -0.39 is 6.10 Å². The summed E-state index contributed by atoms with van der Waals surface area (Å²) in [5.41, 5.74) is 7.36. The number of nitrogens with two attached hydrogens (primary N) is 1. The summed E-state index contributed by atoms with van der Waals surface area (Å²) < 4.78 is 0. The van der Waals surface area contributed by atoms with Crippen molar-refractivity contribution in [3.63, 3.8) is 0 Å². The van der Waals surface area contributed by atoms with Gasteiger partial charge < -0.3 is 16.2 Å². The SMILES string of the molecule is CC(O)c1cccc(NCCCN)c1. The molecule has 0 saturated heterocycles. The van der Waals surface area contributed by atoms with Gasteiger partial charge in [-0.05, 0) is 37.6 Å². The maximum absolute atomic E-state index is 9.37. The summed E-state index contributed by atoms with van der Waals surface area (Å²) in [5.74, 6) is 0. The van der Waals surface area contributed by atoms with Crippen molar-refractivity contribution in [2.24, 2.45) is 5.73 Å². The zero-order valence-electron chi connectivity index (χ0n) is 8.53. The molecule has 1 aromatic carbocycles. The molecule has 0 spiro atoms. The summed E-state index contributed by atoms with van der Waals surface area (Å²) in [6, 6.07) is 7.80. The number of hydrogen-bond acceptors (Lipinski definition) is 3. The fourth-order valence-electron chi connectivity index (χ4n) is 1.24. The molecule has 0 amide bonds. The number of nitrogens with one attached hydrogen (secondary N) is 1. The molecule has 0 heterocycles. The molecule has 0 bridgehead atoms. The molecule has 3 heteroatoms. The molecule has 0 aromatic heterocycles. The van der Waals surface area contributed by atoms with Gasteiger partial charge >= 0.3 is 0 Å². The first-order valence-corrected chi connectivity index (χ1v) is 4.96. The summed E-state index contributed by atoms with van der Waals surface area (Å²) in [5, 5.41) is 12.6. The smallest absolute Gasteiger partial charge is 0.0762 e. The average Bonchev–Trinajstić information content (AvgIpc) is 2.19. The van der Waals surface area contributed by atoms with Crippen LogP contribution in [0.5, 0.6) is 0 Å². The quantitative estimate of drug-likeness (QED) is 0.623. The van der Waals surface area contributed by atoms with Gasteiger partial charge in [0.15, 0.2) is 0 Å². The third-order valence-corrected chi connectivity index (χ3v) is 2.08. The normalized spacial score (nSPS) is 12.5. The molecule has 3 nitrogen and oxygen atoms in total. The van der Waals surface area contributed by atoms with Gasteiger partial charge in [-0.1, -0.05) is 12.1 Å². The highest BCUT2D eigenvalue weighted by molar-refractivity contribution is 5.46. The first kappa shape index (κ1) is 11.0. The zero-order valence-corrected chi connectivity index (χ0v) is 8.53. The van der Waals surface area contributed by atoms with Gasteiger partial charge in [0.1, 0.15) is 0 Å². The van der Waals surface area contributed by atoms with Crippen LogP contribution in [0.3, 0.4) is 0 Å². The van der Waals surface area contributed by atoms with E-state index in [1.165, 1.54) is 0 Å². The number of rotatable bonds is 5. The van der Waals surface area contributed by atoms with Crippen LogP contribution < -0.4 is 11.1 Å². The average molecular weight is 194 g/mol. The molecule has 1 unspecified atom stereocenters. The van der Waals surface area contributed by atoms with Gasteiger partial charge in [-0.15, -0.1) is 0 Å². The summed E-state index contributed by atoms with van der Waals surface area (Å²) >= 11 is 0. The van der Waals surface area contributed by atoms with Crippen LogP contribution in [0.1, 0.15) is 25.0 Å². The third-order valence-electron chi connectivity index (χ3n) is 2.08. The predicted molar refractivity (Wildman–Crippen MR) is 59.2 cm³/mol. The highest BCUT2D eigenvalue weighted by atomic mass is 16.3. The minimum atomic E-state index is -0.411. The van der Waals surface area contributed by atoms with Crippen molar-refractivity contribution in [3.05, 3.63) is 29.8 Å². The Hall–Kier alpha value is -1.06. The van der Waals surface area contributed by atoms with E-state index in [2.05, 4.69) is 5.32 Å². The lowest BCUT2D eigenvalue weighted by Gasteiger charge is -2.09. The van der Waals surface area contributed by atoms with Crippen LogP contribution in [-0.4, -0.2) is 18.2 Å². The summed E-state index contributed by atoms with van der Waals surface area (Å²) in [6.45, 7) is 3.34. The lowest BCUT2D eigenvalue weighted by molar-refractivity contribution is 0.199. The van der Waals surface area contributed by atoms with Crippen molar-refractivity contribution in [3.8, 4) is 0 Å². The number of hydrogen-bond donors (Lipinski definition) is 3. The lowest BCUT2D eigenvalue weighted by Crippen LogP contribution is -2.08. The first-order valence-electron chi connectivity index (χ1n) is 4.96. The van der Waals surface area contributed by atoms with Crippen molar-refractivity contribution in [1.82, 2.24) is 0 Å². The molecular formula is C11H18N2O. The number of aliphatic hydroxyl groups is 1. The second-order valence-electron chi connectivity index (χ2n) is 3.37. The zero-order chi connectivity index (χ0) is 10.4. The Morgan fingerprint density at radius 1 is 1.50 bits per heavy atom. The Morgan fingerprint density at radius 3 is 2.93 bits per heavy atom. The van der Waals surface area contributed by atoms with Crippen molar-refractivity contribution < 1.29 is 5.11 Å². The second-order valence-corrected chi connectivity index (χ2v) is 3.37. The molecule has 4 N–H and O–H groups in total. The van der Waals surface area contributed by atoms with Crippen LogP contribution in [-0.2, 0) is 0 Å². The van der Waals surface area contributed by atoms with Gasteiger partial charge in [0.2, 0.25) is 0 Å². The van der Waals surface area contributed by atoms with E-state index >= 15 is 0 Å². The van der Waals surface area contributed by atoms with E-state index in [1.54, 1.807) is 6.92 Å². The maximum atomic E-state index is 9.37. The van der Waals surface area contributed by atoms with E-state index in [4.69, 9.17) is 5.73 Å². The lowest BCUT2D eigenvalue weighted by atomic mass is 10.1. The molecule has 1 atom stereocenters. The van der Waals surface area contributed by atoms with E-state index in [9.17, 15) is 5.11 Å². The van der Waals surface area contributed by atoms with Crippen LogP contribution >= 0.6 is 0 Å². The molecule has 0 radical (unpaired) electrons. The van der Waals surface area contributed by atoms with Crippen molar-refractivity contribution in [2.75, 3.05) is 18.4 Å². The number of benzene rings is 1. The maximum Gasteiger partial charge on any atom is 0.0762 e. The highest BCUT2D eigenvalue weighted by Gasteiger charge is 2.00. The number of aliphatic hydroxyl groups excluding tert-OH is 1. The van der Waals surface area contributed by atoms with Gasteiger partial charge in [-0.3, -0.25) is 0 Å². The topological polar surface area (TPSA) is 58.3 Å². The second kappa shape index (κ2) is 5.62. The molecule has 0 fully saturated rings. The van der Waals surface area contributed by atoms with Crippen molar-refractivity contribution in [1.29, 1.82) is 0 Å². The molecule has 1 aromatic rings. The van der Waals surface area contributed by atoms with E-state index in [1.807, 2.05) is 24.3 Å². The third kappa shape index (κ3) is 3.36. The Balaban J connectivity index is 2.55. The Labute approximate surface area is 84.9 Å². The van der Waals surface area contributed by atoms with Crippen LogP contribution in [0.15, 0.2) is 24.3 Å². The van der Waals surface area contributed by atoms with Crippen LogP contribution in [0.2, 0.25) is 0 Å². The largest absolute Gasteiger partial charge is 0.389 e. The van der Waals surface area contributed by atoms with Gasteiger partial charge in [0, 0.05) is 12.2 Å². The molecular weight excluding hydrogens is 176 g/mol. The van der Waals surface area contributed by atoms with Gasteiger partial charge in [-0.2, -0.15) is 0 Å². The van der Waals surface area contributed by atoms with E-state index in [0.29, 0.717) is 6.54 Å². The molecule has 0 aliphatic carbocycles. The minimum Gasteiger partial charge on any atom is -0.389 e. The minimum absolute atomic E-state index is 0.411. The Bertz CT molecular complexity index is 274. The van der Waals surface area contributed by atoms with Gasteiger partial charge in [0.05, 0.1) is 6.10 Å². The predicted octanol–water partition coefficient (Wildman–Crippen LogP) is 1.50. The monoisotopic (exact) mass is 194 g/mol. The number of anilines is 1. The fourth-order valence-corrected chi connectivity index (χ4v) is 1.24. The molecule has 0 aliphatic heterocycles. The van der Waals surface area contributed by atoms with Crippen LogP contribution in [0, 0.1) is 0 Å². The standard InChI is InChI=1S/C11H18N2O/c1-9(14)10-4-2-5-11(8-10)13-7-3-6-12/h2,4-5,8-9,13-14H,3,6-7,12H2,1H3. The summed E-state index contributed by atoms with van der Waals surface area (Å²) in [6.07, 6.45) is 0.546. The summed E-state index contributed by atoms with van der Waals surface area (Å²) in [7, 11) is 0. The molecule has 0 saturated carbocycles. The van der Waals surface area contributed by atoms with Gasteiger partial charge in [0.25, 0.3) is 0 Å². The highest BCUT2D eigenvalue weighted by Crippen LogP contribution is 2.16. The molecule has 0 aliphatic rings. The van der Waals surface area contributed by atoms with Crippen LogP contribution in [0.4, 0.5) is 5.69 Å². The van der Waals surface area contributed by atoms with Crippen molar-refractivity contribution in [2.45, 2.75) is 19.4 Å². The van der Waals surface area contributed by atoms with Crippen molar-refractivity contribution >= 4 is 5.69 Å². The van der Waals surface area contributed by atoms with Gasteiger partial charge in [-0.25, -0.2) is 0 Å². The van der Waals surface area contributed by atoms with E-state index in [0.717, 1.165) is 24.2 Å². The van der Waals surface area contributed by atoms with Crippen LogP contribution in [0.25, 0.3) is 0 Å². The molecule has 14 heavy (non-hydrogen) atoms.